The largest absolute Gasteiger partial charge is 0.0917 e. The normalized spacial score (nSPS) is 14.8. The van der Waals surface area contributed by atoms with Crippen LogP contribution in [0, 0.1) is 12.8 Å². The van der Waals surface area contributed by atoms with Crippen molar-refractivity contribution in [2.45, 2.75) is 97.8 Å². The Morgan fingerprint density at radius 2 is 1.83 bits per heavy atom. The van der Waals surface area contributed by atoms with Gasteiger partial charge in [0.15, 0.2) is 0 Å². The molecule has 0 amide bonds. The Bertz CT molecular complexity index is 423. The molecule has 0 atom stereocenters. The molecule has 2 rings (SSSR count). The van der Waals surface area contributed by atoms with Crippen molar-refractivity contribution in [1.82, 2.24) is 0 Å². The Hall–Kier alpha value is -1.04. The van der Waals surface area contributed by atoms with Crippen LogP contribution in [0.15, 0.2) is 36.4 Å². The molecule has 24 heavy (non-hydrogen) atoms. The van der Waals surface area contributed by atoms with Crippen LogP contribution >= 0.6 is 0 Å². The Labute approximate surface area is 151 Å². The number of aryl methyl sites for hydroxylation is 2. The van der Waals surface area contributed by atoms with Crippen LogP contribution in [0.1, 0.15) is 95.6 Å². The van der Waals surface area contributed by atoms with Crippen molar-refractivity contribution >= 4 is 0 Å². The molecule has 0 aliphatic heterocycles. The summed E-state index contributed by atoms with van der Waals surface area (Å²) >= 11 is 0. The fourth-order valence-electron chi connectivity index (χ4n) is 3.59. The summed E-state index contributed by atoms with van der Waals surface area (Å²) in [6.07, 6.45) is 21.2. The van der Waals surface area contributed by atoms with Crippen molar-refractivity contribution in [2.24, 2.45) is 5.92 Å². The van der Waals surface area contributed by atoms with Crippen molar-refractivity contribution in [3.05, 3.63) is 47.5 Å². The number of rotatable bonds is 9. The molecule has 1 aromatic rings. The van der Waals surface area contributed by atoms with E-state index in [1.54, 1.807) is 0 Å². The van der Waals surface area contributed by atoms with E-state index in [4.69, 9.17) is 0 Å². The van der Waals surface area contributed by atoms with Crippen LogP contribution in [0.25, 0.3) is 0 Å². The van der Waals surface area contributed by atoms with E-state index in [0.29, 0.717) is 0 Å². The monoisotopic (exact) mass is 328 g/mol. The maximum Gasteiger partial charge on any atom is -0.0279 e. The Morgan fingerprint density at radius 1 is 1.04 bits per heavy atom. The molecule has 1 saturated carbocycles. The summed E-state index contributed by atoms with van der Waals surface area (Å²) in [7, 11) is 0. The van der Waals surface area contributed by atoms with E-state index in [9.17, 15) is 0 Å². The minimum absolute atomic E-state index is 1.08. The maximum absolute atomic E-state index is 2.33. The summed E-state index contributed by atoms with van der Waals surface area (Å²) in [5.41, 5.74) is 2.92. The highest BCUT2D eigenvalue weighted by atomic mass is 14.2. The zero-order valence-electron chi connectivity index (χ0n) is 16.5. The zero-order chi connectivity index (χ0) is 17.5. The number of allylic oxidation sites excluding steroid dienone is 2. The summed E-state index contributed by atoms with van der Waals surface area (Å²) < 4.78 is 0. The number of unbranched alkanes of at least 4 members (excludes halogenated alkanes) is 4. The van der Waals surface area contributed by atoms with E-state index in [2.05, 4.69) is 57.2 Å². The molecule has 0 unspecified atom stereocenters. The molecule has 0 N–H and O–H groups in total. The van der Waals surface area contributed by atoms with Gasteiger partial charge in [-0.25, -0.2) is 0 Å². The van der Waals surface area contributed by atoms with Gasteiger partial charge in [-0.15, -0.1) is 0 Å². The van der Waals surface area contributed by atoms with Crippen LogP contribution in [-0.4, -0.2) is 0 Å². The third kappa shape index (κ3) is 10.7. The lowest BCUT2D eigenvalue weighted by atomic mass is 9.98. The lowest BCUT2D eigenvalue weighted by Crippen LogP contribution is -1.93. The molecule has 0 bridgehead atoms. The minimum atomic E-state index is 1.08. The Kier molecular flexibility index (Phi) is 12.5. The third-order valence-electron chi connectivity index (χ3n) is 5.10. The molecular formula is C24H40. The second kappa shape index (κ2) is 14.3. The quantitative estimate of drug-likeness (QED) is 0.318. The van der Waals surface area contributed by atoms with Gasteiger partial charge in [-0.3, -0.25) is 0 Å². The summed E-state index contributed by atoms with van der Waals surface area (Å²) in [5, 5.41) is 0. The maximum atomic E-state index is 2.33. The molecule has 0 radical (unpaired) electrons. The first-order chi connectivity index (χ1) is 11.8. The minimum Gasteiger partial charge on any atom is -0.0917 e. The Balaban J connectivity index is 0.000000351. The van der Waals surface area contributed by atoms with Gasteiger partial charge >= 0.3 is 0 Å². The molecule has 0 saturated heterocycles. The first kappa shape index (κ1) is 21.0. The van der Waals surface area contributed by atoms with Gasteiger partial charge in [0.25, 0.3) is 0 Å². The second-order valence-electron chi connectivity index (χ2n) is 7.45. The molecule has 1 aliphatic rings. The fraction of sp³-hybridized carbons (Fsp3) is 0.667. The topological polar surface area (TPSA) is 0 Å². The summed E-state index contributed by atoms with van der Waals surface area (Å²) in [4.78, 5) is 0. The van der Waals surface area contributed by atoms with Gasteiger partial charge in [0.2, 0.25) is 0 Å². The number of hydrogen-bond acceptors (Lipinski definition) is 0. The number of benzene rings is 1. The van der Waals surface area contributed by atoms with Gasteiger partial charge in [0.05, 0.1) is 0 Å². The van der Waals surface area contributed by atoms with E-state index in [0.717, 1.165) is 5.92 Å². The molecular weight excluding hydrogens is 288 g/mol. The second-order valence-corrected chi connectivity index (χ2v) is 7.45. The zero-order valence-corrected chi connectivity index (χ0v) is 16.5. The first-order valence-electron chi connectivity index (χ1n) is 10.4. The summed E-state index contributed by atoms with van der Waals surface area (Å²) in [5.74, 6) is 1.08. The summed E-state index contributed by atoms with van der Waals surface area (Å²) in [6.45, 7) is 6.46. The predicted molar refractivity (Wildman–Crippen MR) is 110 cm³/mol. The molecule has 0 heterocycles. The van der Waals surface area contributed by atoms with E-state index in [1.807, 2.05) is 0 Å². The molecule has 1 fully saturated rings. The van der Waals surface area contributed by atoms with Crippen molar-refractivity contribution in [2.75, 3.05) is 0 Å². The van der Waals surface area contributed by atoms with Crippen LogP contribution in [0.2, 0.25) is 0 Å². The smallest absolute Gasteiger partial charge is 0.0279 e. The molecule has 0 nitrogen and oxygen atoms in total. The molecule has 1 aliphatic carbocycles. The van der Waals surface area contributed by atoms with E-state index >= 15 is 0 Å². The molecule has 136 valence electrons. The van der Waals surface area contributed by atoms with E-state index in [1.165, 1.54) is 88.2 Å². The van der Waals surface area contributed by atoms with Gasteiger partial charge in [-0.2, -0.15) is 0 Å². The van der Waals surface area contributed by atoms with Gasteiger partial charge in [-0.1, -0.05) is 107 Å². The highest BCUT2D eigenvalue weighted by Crippen LogP contribution is 2.29. The van der Waals surface area contributed by atoms with E-state index < -0.39 is 0 Å². The van der Waals surface area contributed by atoms with Crippen molar-refractivity contribution in [3.8, 4) is 0 Å². The van der Waals surface area contributed by atoms with Gasteiger partial charge < -0.3 is 0 Å². The van der Waals surface area contributed by atoms with Gasteiger partial charge in [0.1, 0.15) is 0 Å². The average Bonchev–Trinajstić information content (AvgIpc) is 3.09. The van der Waals surface area contributed by atoms with Crippen molar-refractivity contribution in [3.63, 3.8) is 0 Å². The van der Waals surface area contributed by atoms with Gasteiger partial charge in [-0.05, 0) is 44.6 Å². The molecule has 0 aromatic heterocycles. The standard InChI is InChI=1S/C17H26.C7H14/c1-15-8-7-13-17(14-15)12-4-2-3-9-16-10-5-6-11-16;1-3-5-7-6-4-2/h7-8,13-14,16H,2-6,9-12H2,1H3;3,5H,4,6-7H2,1-2H3/b;5-3-. The molecule has 0 heteroatoms. The van der Waals surface area contributed by atoms with Crippen LogP contribution in [0.3, 0.4) is 0 Å². The van der Waals surface area contributed by atoms with Crippen LogP contribution in [-0.2, 0) is 6.42 Å². The fourth-order valence-corrected chi connectivity index (χ4v) is 3.59. The Morgan fingerprint density at radius 3 is 2.50 bits per heavy atom. The lowest BCUT2D eigenvalue weighted by molar-refractivity contribution is 0.468. The van der Waals surface area contributed by atoms with E-state index in [-0.39, 0.29) is 0 Å². The molecule has 0 spiro atoms. The van der Waals surface area contributed by atoms with Crippen LogP contribution in [0.4, 0.5) is 0 Å². The van der Waals surface area contributed by atoms with Crippen LogP contribution in [0.5, 0.6) is 0 Å². The van der Waals surface area contributed by atoms with Crippen molar-refractivity contribution in [1.29, 1.82) is 0 Å². The van der Waals surface area contributed by atoms with Crippen molar-refractivity contribution < 1.29 is 0 Å². The first-order valence-corrected chi connectivity index (χ1v) is 10.4. The third-order valence-corrected chi connectivity index (χ3v) is 5.10. The predicted octanol–water partition coefficient (Wildman–Crippen LogP) is 8.04. The van der Waals surface area contributed by atoms with Gasteiger partial charge in [0, 0.05) is 0 Å². The van der Waals surface area contributed by atoms with Crippen LogP contribution < -0.4 is 0 Å². The molecule has 1 aromatic carbocycles. The average molecular weight is 329 g/mol. The lowest BCUT2D eigenvalue weighted by Gasteiger charge is -2.08. The highest BCUT2D eigenvalue weighted by molar-refractivity contribution is 5.22. The highest BCUT2D eigenvalue weighted by Gasteiger charge is 2.13. The number of hydrogen-bond donors (Lipinski definition) is 0. The summed E-state index contributed by atoms with van der Waals surface area (Å²) in [6, 6.07) is 8.97. The SMILES string of the molecule is C/C=C\CCCC.Cc1cccc(CCCCCC2CCCC2)c1.